The van der Waals surface area contributed by atoms with E-state index < -0.39 is 0 Å². The third kappa shape index (κ3) is 5.73. The minimum absolute atomic E-state index is 0.127. The topological polar surface area (TPSA) is 43.4 Å². The predicted octanol–water partition coefficient (Wildman–Crippen LogP) is 2.33. The molecule has 0 saturated carbocycles. The second-order valence-corrected chi connectivity index (χ2v) is 4.39. The Labute approximate surface area is 85.8 Å². The number of carbonyl (C=O) groups excluding carboxylic acids is 2. The van der Waals surface area contributed by atoms with Gasteiger partial charge in [-0.2, -0.15) is 0 Å². The molecule has 3 heteroatoms. The van der Waals surface area contributed by atoms with Crippen molar-refractivity contribution in [2.45, 2.75) is 47.0 Å². The maximum Gasteiger partial charge on any atom is 0.305 e. The Morgan fingerprint density at radius 3 is 2.14 bits per heavy atom. The highest BCUT2D eigenvalue weighted by molar-refractivity contribution is 5.83. The highest BCUT2D eigenvalue weighted by Gasteiger charge is 2.20. The lowest BCUT2D eigenvalue weighted by Crippen LogP contribution is -2.22. The summed E-state index contributed by atoms with van der Waals surface area (Å²) in [6.07, 6.45) is 1.54. The van der Waals surface area contributed by atoms with Gasteiger partial charge >= 0.3 is 5.97 Å². The molecule has 0 rings (SSSR count). The number of carbonyl (C=O) groups is 2. The van der Waals surface area contributed by atoms with Crippen LogP contribution >= 0.6 is 0 Å². The molecule has 0 atom stereocenters. The van der Waals surface area contributed by atoms with Crippen molar-refractivity contribution in [1.82, 2.24) is 0 Å². The van der Waals surface area contributed by atoms with Crippen molar-refractivity contribution in [3.05, 3.63) is 0 Å². The summed E-state index contributed by atoms with van der Waals surface area (Å²) in [5.74, 6) is -0.0870. The molecule has 0 saturated heterocycles. The second kappa shape index (κ2) is 5.78. The van der Waals surface area contributed by atoms with Crippen LogP contribution in [0.15, 0.2) is 0 Å². The Morgan fingerprint density at radius 2 is 1.71 bits per heavy atom. The van der Waals surface area contributed by atoms with E-state index in [9.17, 15) is 9.59 Å². The van der Waals surface area contributed by atoms with Gasteiger partial charge in [-0.05, 0) is 6.42 Å². The van der Waals surface area contributed by atoms with E-state index in [4.69, 9.17) is 4.74 Å². The third-order valence-electron chi connectivity index (χ3n) is 1.88. The first-order valence-electron chi connectivity index (χ1n) is 5.07. The second-order valence-electron chi connectivity index (χ2n) is 4.39. The summed E-state index contributed by atoms with van der Waals surface area (Å²) in [7, 11) is 0. The SMILES string of the molecule is CCCC(=O)OCCC(=O)C(C)(C)C. The smallest absolute Gasteiger partial charge is 0.305 e. The molecular formula is C11H20O3. The van der Waals surface area contributed by atoms with Gasteiger partial charge in [-0.15, -0.1) is 0 Å². The molecule has 0 fully saturated rings. The van der Waals surface area contributed by atoms with Gasteiger partial charge in [-0.25, -0.2) is 0 Å². The van der Waals surface area contributed by atoms with E-state index in [-0.39, 0.29) is 23.8 Å². The van der Waals surface area contributed by atoms with Gasteiger partial charge in [0.15, 0.2) is 0 Å². The molecule has 0 aromatic rings. The van der Waals surface area contributed by atoms with Crippen LogP contribution in [0.4, 0.5) is 0 Å². The van der Waals surface area contributed by atoms with Gasteiger partial charge in [-0.1, -0.05) is 27.7 Å². The number of esters is 1. The molecule has 0 heterocycles. The quantitative estimate of drug-likeness (QED) is 0.640. The van der Waals surface area contributed by atoms with E-state index in [0.29, 0.717) is 12.8 Å². The molecule has 0 N–H and O–H groups in total. The lowest BCUT2D eigenvalue weighted by atomic mass is 9.89. The van der Waals surface area contributed by atoms with Crippen LogP contribution in [0, 0.1) is 5.41 Å². The first-order valence-corrected chi connectivity index (χ1v) is 5.07. The largest absolute Gasteiger partial charge is 0.465 e. The molecular weight excluding hydrogens is 180 g/mol. The van der Waals surface area contributed by atoms with Gasteiger partial charge in [0.05, 0.1) is 6.61 Å². The minimum Gasteiger partial charge on any atom is -0.465 e. The van der Waals surface area contributed by atoms with Gasteiger partial charge < -0.3 is 4.74 Å². The van der Waals surface area contributed by atoms with Crippen molar-refractivity contribution in [3.63, 3.8) is 0 Å². The highest BCUT2D eigenvalue weighted by Crippen LogP contribution is 2.16. The zero-order chi connectivity index (χ0) is 11.2. The van der Waals surface area contributed by atoms with Gasteiger partial charge in [0, 0.05) is 18.3 Å². The van der Waals surface area contributed by atoms with Crippen LogP contribution in [0.1, 0.15) is 47.0 Å². The minimum atomic E-state index is -0.336. The fourth-order valence-corrected chi connectivity index (χ4v) is 0.909. The van der Waals surface area contributed by atoms with Crippen LogP contribution in [0.3, 0.4) is 0 Å². The molecule has 0 radical (unpaired) electrons. The predicted molar refractivity (Wildman–Crippen MR) is 54.9 cm³/mol. The molecule has 0 aromatic heterocycles. The van der Waals surface area contributed by atoms with E-state index >= 15 is 0 Å². The van der Waals surface area contributed by atoms with E-state index in [1.165, 1.54) is 0 Å². The van der Waals surface area contributed by atoms with Crippen molar-refractivity contribution in [2.75, 3.05) is 6.61 Å². The van der Waals surface area contributed by atoms with Crippen molar-refractivity contribution in [1.29, 1.82) is 0 Å². The van der Waals surface area contributed by atoms with Crippen molar-refractivity contribution in [2.24, 2.45) is 5.41 Å². The summed E-state index contributed by atoms with van der Waals surface area (Å²) in [4.78, 5) is 22.4. The number of rotatable bonds is 5. The van der Waals surface area contributed by atoms with Crippen LogP contribution in [0.2, 0.25) is 0 Å². The molecule has 82 valence electrons. The van der Waals surface area contributed by atoms with Crippen molar-refractivity contribution in [3.8, 4) is 0 Å². The summed E-state index contributed by atoms with van der Waals surface area (Å²) in [5.41, 5.74) is -0.336. The summed E-state index contributed by atoms with van der Waals surface area (Å²) in [6.45, 7) is 7.73. The summed E-state index contributed by atoms with van der Waals surface area (Å²) in [5, 5.41) is 0. The first-order chi connectivity index (χ1) is 6.38. The lowest BCUT2D eigenvalue weighted by Gasteiger charge is -2.16. The number of hydrogen-bond acceptors (Lipinski definition) is 3. The molecule has 0 aliphatic carbocycles. The Morgan fingerprint density at radius 1 is 1.14 bits per heavy atom. The number of hydrogen-bond donors (Lipinski definition) is 0. The number of Topliss-reactive ketones (excluding diaryl/α,β-unsaturated/α-hetero) is 1. The lowest BCUT2D eigenvalue weighted by molar-refractivity contribution is -0.144. The van der Waals surface area contributed by atoms with Crippen LogP contribution < -0.4 is 0 Å². The third-order valence-corrected chi connectivity index (χ3v) is 1.88. The summed E-state index contributed by atoms with van der Waals surface area (Å²) < 4.78 is 4.89. The van der Waals surface area contributed by atoms with E-state index in [2.05, 4.69) is 0 Å². The molecule has 0 aliphatic rings. The monoisotopic (exact) mass is 200 g/mol. The Balaban J connectivity index is 3.65. The Bertz CT molecular complexity index is 201. The molecule has 0 unspecified atom stereocenters. The van der Waals surface area contributed by atoms with Crippen LogP contribution in [0.25, 0.3) is 0 Å². The van der Waals surface area contributed by atoms with Crippen LogP contribution in [0.5, 0.6) is 0 Å². The van der Waals surface area contributed by atoms with Crippen molar-refractivity contribution >= 4 is 11.8 Å². The molecule has 3 nitrogen and oxygen atoms in total. The molecule has 14 heavy (non-hydrogen) atoms. The number of ether oxygens (including phenoxy) is 1. The van der Waals surface area contributed by atoms with Crippen LogP contribution in [-0.2, 0) is 14.3 Å². The maximum absolute atomic E-state index is 11.4. The Kier molecular flexibility index (Phi) is 5.43. The standard InChI is InChI=1S/C11H20O3/c1-5-6-10(13)14-8-7-9(12)11(2,3)4/h5-8H2,1-4H3. The van der Waals surface area contributed by atoms with Gasteiger partial charge in [-0.3, -0.25) is 9.59 Å². The molecule has 0 aromatic carbocycles. The molecule has 0 amide bonds. The molecule has 0 aliphatic heterocycles. The van der Waals surface area contributed by atoms with E-state index in [0.717, 1.165) is 6.42 Å². The summed E-state index contributed by atoms with van der Waals surface area (Å²) >= 11 is 0. The fourth-order valence-electron chi connectivity index (χ4n) is 0.909. The van der Waals surface area contributed by atoms with Gasteiger partial charge in [0.1, 0.15) is 5.78 Å². The van der Waals surface area contributed by atoms with Gasteiger partial charge in [0.2, 0.25) is 0 Å². The molecule has 0 bridgehead atoms. The maximum atomic E-state index is 11.4. The zero-order valence-electron chi connectivity index (χ0n) is 9.55. The normalized spacial score (nSPS) is 11.1. The first kappa shape index (κ1) is 13.1. The van der Waals surface area contributed by atoms with E-state index in [1.54, 1.807) is 0 Å². The van der Waals surface area contributed by atoms with Crippen molar-refractivity contribution < 1.29 is 14.3 Å². The zero-order valence-corrected chi connectivity index (χ0v) is 9.55. The number of ketones is 1. The van der Waals surface area contributed by atoms with Crippen LogP contribution in [-0.4, -0.2) is 18.4 Å². The Hall–Kier alpha value is -0.860. The average molecular weight is 200 g/mol. The fraction of sp³-hybridized carbons (Fsp3) is 0.818. The van der Waals surface area contributed by atoms with Gasteiger partial charge in [0.25, 0.3) is 0 Å². The highest BCUT2D eigenvalue weighted by atomic mass is 16.5. The summed E-state index contributed by atoms with van der Waals surface area (Å²) in [6, 6.07) is 0. The van der Waals surface area contributed by atoms with E-state index in [1.807, 2.05) is 27.7 Å². The molecule has 0 spiro atoms. The average Bonchev–Trinajstić information content (AvgIpc) is 2.02.